The van der Waals surface area contributed by atoms with Crippen LogP contribution in [0, 0.1) is 6.92 Å². The van der Waals surface area contributed by atoms with E-state index in [2.05, 4.69) is 5.32 Å². The molecule has 0 radical (unpaired) electrons. The van der Waals surface area contributed by atoms with E-state index in [-0.39, 0.29) is 5.91 Å². The molecule has 0 fully saturated rings. The number of esters is 1. The largest absolute Gasteiger partial charge is 0.452 e. The number of aryl methyl sites for hydroxylation is 1. The summed E-state index contributed by atoms with van der Waals surface area (Å²) in [6, 6.07) is 13.6. The Hall–Kier alpha value is -3.15. The van der Waals surface area contributed by atoms with E-state index >= 15 is 0 Å². The van der Waals surface area contributed by atoms with Crippen LogP contribution in [0.3, 0.4) is 0 Å². The van der Waals surface area contributed by atoms with Gasteiger partial charge in [-0.15, -0.1) is 0 Å². The van der Waals surface area contributed by atoms with Crippen molar-refractivity contribution < 1.29 is 19.1 Å². The van der Waals surface area contributed by atoms with Gasteiger partial charge in [0.2, 0.25) is 0 Å². The van der Waals surface area contributed by atoms with Crippen LogP contribution in [0.15, 0.2) is 48.5 Å². The summed E-state index contributed by atoms with van der Waals surface area (Å²) < 4.78 is 5.03. The van der Waals surface area contributed by atoms with Crippen molar-refractivity contribution >= 4 is 23.5 Å². The number of hydrogen-bond acceptors (Lipinski definition) is 4. The summed E-state index contributed by atoms with van der Waals surface area (Å²) in [4.78, 5) is 38.1. The maximum Gasteiger partial charge on any atom is 0.338 e. The van der Waals surface area contributed by atoms with Crippen molar-refractivity contribution in [3.63, 3.8) is 0 Å². The molecule has 0 saturated carbocycles. The molecule has 0 aliphatic carbocycles. The molecule has 6 heteroatoms. The topological polar surface area (TPSA) is 75.7 Å². The number of amides is 2. The number of benzene rings is 2. The molecule has 27 heavy (non-hydrogen) atoms. The van der Waals surface area contributed by atoms with Crippen LogP contribution in [0.25, 0.3) is 0 Å². The smallest absolute Gasteiger partial charge is 0.338 e. The van der Waals surface area contributed by atoms with E-state index in [0.717, 1.165) is 5.56 Å². The molecule has 6 nitrogen and oxygen atoms in total. The fourth-order valence-electron chi connectivity index (χ4n) is 2.52. The Labute approximate surface area is 159 Å². The maximum atomic E-state index is 12.4. The number of carbonyl (C=O) groups is 3. The van der Waals surface area contributed by atoms with E-state index in [1.54, 1.807) is 53.4 Å². The molecule has 2 aromatic rings. The molecule has 1 N–H and O–H groups in total. The van der Waals surface area contributed by atoms with Gasteiger partial charge in [0, 0.05) is 24.3 Å². The highest BCUT2D eigenvalue weighted by Gasteiger charge is 2.14. The summed E-state index contributed by atoms with van der Waals surface area (Å²) in [6.07, 6.45) is 0. The molecular weight excluding hydrogens is 344 g/mol. The van der Waals surface area contributed by atoms with Crippen molar-refractivity contribution in [1.82, 2.24) is 4.90 Å². The van der Waals surface area contributed by atoms with Crippen LogP contribution in [0.1, 0.15) is 40.1 Å². The first-order chi connectivity index (χ1) is 12.9. The van der Waals surface area contributed by atoms with Gasteiger partial charge in [0.05, 0.1) is 5.56 Å². The van der Waals surface area contributed by atoms with Gasteiger partial charge in [-0.3, -0.25) is 9.59 Å². The lowest BCUT2D eigenvalue weighted by Crippen LogP contribution is -2.30. The lowest BCUT2D eigenvalue weighted by molar-refractivity contribution is -0.119. The zero-order chi connectivity index (χ0) is 19.8. The highest BCUT2D eigenvalue weighted by Crippen LogP contribution is 2.13. The number of rotatable bonds is 7. The Morgan fingerprint density at radius 2 is 1.63 bits per heavy atom. The molecule has 0 aliphatic heterocycles. The van der Waals surface area contributed by atoms with Crippen LogP contribution in [0.5, 0.6) is 0 Å². The summed E-state index contributed by atoms with van der Waals surface area (Å²) in [5.74, 6) is -1.12. The van der Waals surface area contributed by atoms with Crippen LogP contribution in [-0.4, -0.2) is 42.4 Å². The fraction of sp³-hybridized carbons (Fsp3) is 0.286. The molecule has 142 valence electrons. The second-order valence-corrected chi connectivity index (χ2v) is 6.05. The molecule has 2 aromatic carbocycles. The Morgan fingerprint density at radius 3 is 2.26 bits per heavy atom. The summed E-state index contributed by atoms with van der Waals surface area (Å²) in [5.41, 5.74) is 2.39. The van der Waals surface area contributed by atoms with Crippen molar-refractivity contribution in [2.45, 2.75) is 20.8 Å². The predicted octanol–water partition coefficient (Wildman–Crippen LogP) is 3.27. The molecule has 0 aromatic heterocycles. The molecule has 0 bridgehead atoms. The highest BCUT2D eigenvalue weighted by atomic mass is 16.5. The standard InChI is InChI=1S/C21H24N2O4/c1-4-23(5-2)20(25)17-7-6-8-18(13-17)22-19(24)14-27-21(26)16-11-9-15(3)10-12-16/h6-13H,4-5,14H2,1-3H3,(H,22,24). The summed E-state index contributed by atoms with van der Waals surface area (Å²) >= 11 is 0. The Bertz CT molecular complexity index is 811. The number of nitrogens with zero attached hydrogens (tertiary/aromatic N) is 1. The van der Waals surface area contributed by atoms with E-state index in [0.29, 0.717) is 29.9 Å². The third-order valence-corrected chi connectivity index (χ3v) is 4.07. The van der Waals surface area contributed by atoms with Crippen LogP contribution in [0.2, 0.25) is 0 Å². The molecule has 0 heterocycles. The first-order valence-electron chi connectivity index (χ1n) is 8.87. The third kappa shape index (κ3) is 5.67. The number of ether oxygens (including phenoxy) is 1. The summed E-state index contributed by atoms with van der Waals surface area (Å²) in [5, 5.41) is 2.64. The SMILES string of the molecule is CCN(CC)C(=O)c1cccc(NC(=O)COC(=O)c2ccc(C)cc2)c1. The van der Waals surface area contributed by atoms with Crippen molar-refractivity contribution in [2.24, 2.45) is 0 Å². The minimum absolute atomic E-state index is 0.0955. The van der Waals surface area contributed by atoms with E-state index in [1.807, 2.05) is 20.8 Å². The third-order valence-electron chi connectivity index (χ3n) is 4.07. The minimum Gasteiger partial charge on any atom is -0.452 e. The van der Waals surface area contributed by atoms with Crippen molar-refractivity contribution in [3.05, 3.63) is 65.2 Å². The van der Waals surface area contributed by atoms with Gasteiger partial charge in [-0.25, -0.2) is 4.79 Å². The van der Waals surface area contributed by atoms with Crippen molar-refractivity contribution in [3.8, 4) is 0 Å². The fourth-order valence-corrected chi connectivity index (χ4v) is 2.52. The van der Waals surface area contributed by atoms with Crippen LogP contribution >= 0.6 is 0 Å². The van der Waals surface area contributed by atoms with Crippen LogP contribution in [-0.2, 0) is 9.53 Å². The molecule has 0 unspecified atom stereocenters. The quantitative estimate of drug-likeness (QED) is 0.761. The Morgan fingerprint density at radius 1 is 0.963 bits per heavy atom. The molecule has 2 rings (SSSR count). The Balaban J connectivity index is 1.93. The summed E-state index contributed by atoms with van der Waals surface area (Å²) in [7, 11) is 0. The van der Waals surface area contributed by atoms with E-state index in [1.165, 1.54) is 0 Å². The average Bonchev–Trinajstić information content (AvgIpc) is 2.67. The van der Waals surface area contributed by atoms with Gasteiger partial charge in [-0.05, 0) is 51.1 Å². The average molecular weight is 368 g/mol. The van der Waals surface area contributed by atoms with Crippen molar-refractivity contribution in [2.75, 3.05) is 25.0 Å². The van der Waals surface area contributed by atoms with Crippen LogP contribution in [0.4, 0.5) is 5.69 Å². The maximum absolute atomic E-state index is 12.4. The van der Waals surface area contributed by atoms with Gasteiger partial charge < -0.3 is 15.0 Å². The zero-order valence-electron chi connectivity index (χ0n) is 15.8. The monoisotopic (exact) mass is 368 g/mol. The number of carbonyl (C=O) groups excluding carboxylic acids is 3. The van der Waals surface area contributed by atoms with Gasteiger partial charge in [0.25, 0.3) is 11.8 Å². The summed E-state index contributed by atoms with van der Waals surface area (Å²) in [6.45, 7) is 6.56. The molecule has 0 aliphatic rings. The Kier molecular flexibility index (Phi) is 7.11. The molecule has 0 atom stereocenters. The molecular formula is C21H24N2O4. The van der Waals surface area contributed by atoms with E-state index in [4.69, 9.17) is 4.74 Å². The molecule has 0 saturated heterocycles. The van der Waals surface area contributed by atoms with Gasteiger partial charge >= 0.3 is 5.97 Å². The number of hydrogen-bond donors (Lipinski definition) is 1. The van der Waals surface area contributed by atoms with Crippen molar-refractivity contribution in [1.29, 1.82) is 0 Å². The van der Waals surface area contributed by atoms with Crippen LogP contribution < -0.4 is 5.32 Å². The number of nitrogens with one attached hydrogen (secondary N) is 1. The van der Waals surface area contributed by atoms with Gasteiger partial charge in [0.15, 0.2) is 6.61 Å². The number of anilines is 1. The van der Waals surface area contributed by atoms with Gasteiger partial charge in [-0.2, -0.15) is 0 Å². The normalized spacial score (nSPS) is 10.2. The minimum atomic E-state index is -0.560. The lowest BCUT2D eigenvalue weighted by atomic mass is 10.1. The zero-order valence-corrected chi connectivity index (χ0v) is 15.8. The second kappa shape index (κ2) is 9.52. The first-order valence-corrected chi connectivity index (χ1v) is 8.87. The van der Waals surface area contributed by atoms with Gasteiger partial charge in [0.1, 0.15) is 0 Å². The van der Waals surface area contributed by atoms with E-state index < -0.39 is 18.5 Å². The van der Waals surface area contributed by atoms with E-state index in [9.17, 15) is 14.4 Å². The second-order valence-electron chi connectivity index (χ2n) is 6.05. The predicted molar refractivity (Wildman–Crippen MR) is 104 cm³/mol. The molecule has 0 spiro atoms. The van der Waals surface area contributed by atoms with Gasteiger partial charge in [-0.1, -0.05) is 23.8 Å². The highest BCUT2D eigenvalue weighted by molar-refractivity contribution is 5.98. The molecule has 2 amide bonds. The lowest BCUT2D eigenvalue weighted by Gasteiger charge is -2.19. The first kappa shape index (κ1) is 20.2.